The summed E-state index contributed by atoms with van der Waals surface area (Å²) in [4.78, 5) is 12.0. The first-order valence-electron chi connectivity index (χ1n) is 6.75. The van der Waals surface area contributed by atoms with Crippen molar-refractivity contribution in [2.24, 2.45) is 5.84 Å². The molecule has 5 nitrogen and oxygen atoms in total. The molecule has 2 aromatic carbocycles. The van der Waals surface area contributed by atoms with Crippen molar-refractivity contribution >= 4 is 15.8 Å². The van der Waals surface area contributed by atoms with Gasteiger partial charge in [0.1, 0.15) is 6.04 Å². The first-order valence-corrected chi connectivity index (χ1v) is 8.19. The van der Waals surface area contributed by atoms with Crippen LogP contribution in [0, 0.1) is 6.92 Å². The van der Waals surface area contributed by atoms with Crippen LogP contribution in [0.5, 0.6) is 0 Å². The number of hydrazine groups is 1. The van der Waals surface area contributed by atoms with E-state index in [1.54, 1.807) is 42.5 Å². The molecule has 22 heavy (non-hydrogen) atoms. The summed E-state index contributed by atoms with van der Waals surface area (Å²) < 4.78 is 25.9. The molecule has 0 heterocycles. The van der Waals surface area contributed by atoms with Gasteiger partial charge in [-0.25, -0.2) is 8.42 Å². The summed E-state index contributed by atoms with van der Waals surface area (Å²) in [5.41, 5.74) is 1.47. The molecule has 6 heteroatoms. The van der Waals surface area contributed by atoms with Gasteiger partial charge in [-0.3, -0.25) is 10.6 Å². The summed E-state index contributed by atoms with van der Waals surface area (Å²) in [6, 6.07) is 13.9. The van der Waals surface area contributed by atoms with E-state index in [0.717, 1.165) is 5.56 Å². The van der Waals surface area contributed by atoms with E-state index in [0.29, 0.717) is 9.98 Å². The lowest BCUT2D eigenvalue weighted by Gasteiger charge is -2.25. The van der Waals surface area contributed by atoms with Gasteiger partial charge in [-0.2, -0.15) is 0 Å². The van der Waals surface area contributed by atoms with E-state index in [9.17, 15) is 13.2 Å². The van der Waals surface area contributed by atoms with Crippen LogP contribution in [-0.2, 0) is 14.8 Å². The molecule has 0 bridgehead atoms. The van der Waals surface area contributed by atoms with Gasteiger partial charge in [0.2, 0.25) is 0 Å². The smallest absolute Gasteiger partial charge is 0.256 e. The number of benzene rings is 2. The molecular weight excluding hydrogens is 300 g/mol. The van der Waals surface area contributed by atoms with E-state index < -0.39 is 16.1 Å². The van der Waals surface area contributed by atoms with Crippen molar-refractivity contribution in [1.82, 2.24) is 4.41 Å². The van der Waals surface area contributed by atoms with E-state index in [1.807, 2.05) is 6.92 Å². The van der Waals surface area contributed by atoms with Crippen LogP contribution in [0.15, 0.2) is 59.5 Å². The van der Waals surface area contributed by atoms with Crippen molar-refractivity contribution in [3.63, 3.8) is 0 Å². The Hall–Kier alpha value is -2.02. The molecule has 0 spiro atoms. The molecule has 2 rings (SSSR count). The topological polar surface area (TPSA) is 80.5 Å². The van der Waals surface area contributed by atoms with E-state index >= 15 is 0 Å². The second-order valence-corrected chi connectivity index (χ2v) is 6.92. The summed E-state index contributed by atoms with van der Waals surface area (Å²) in [5.74, 6) is 5.48. The van der Waals surface area contributed by atoms with Crippen LogP contribution in [0.4, 0.5) is 0 Å². The predicted molar refractivity (Wildman–Crippen MR) is 84.3 cm³/mol. The fraction of sp³-hybridized carbons (Fsp3) is 0.188. The molecule has 1 unspecified atom stereocenters. The number of rotatable bonds is 5. The second kappa shape index (κ2) is 6.39. The van der Waals surface area contributed by atoms with Gasteiger partial charge >= 0.3 is 0 Å². The molecule has 2 N–H and O–H groups in total. The Morgan fingerprint density at radius 2 is 1.59 bits per heavy atom. The van der Waals surface area contributed by atoms with Crippen LogP contribution >= 0.6 is 0 Å². The highest BCUT2D eigenvalue weighted by molar-refractivity contribution is 7.89. The van der Waals surface area contributed by atoms with Crippen molar-refractivity contribution in [3.05, 3.63) is 65.7 Å². The molecule has 2 aromatic rings. The fourth-order valence-corrected chi connectivity index (χ4v) is 3.44. The number of ketones is 1. The Kier molecular flexibility index (Phi) is 4.75. The summed E-state index contributed by atoms with van der Waals surface area (Å²) in [6.07, 6.45) is 0. The lowest BCUT2D eigenvalue weighted by atomic mass is 10.0. The van der Waals surface area contributed by atoms with Crippen molar-refractivity contribution in [2.45, 2.75) is 24.8 Å². The zero-order chi connectivity index (χ0) is 16.3. The van der Waals surface area contributed by atoms with Crippen LogP contribution in [-0.4, -0.2) is 18.6 Å². The lowest BCUT2D eigenvalue weighted by Crippen LogP contribution is -2.43. The van der Waals surface area contributed by atoms with Gasteiger partial charge in [0, 0.05) is 0 Å². The third-order valence-corrected chi connectivity index (χ3v) is 4.99. The number of carbonyl (C=O) groups is 1. The average molecular weight is 318 g/mol. The highest BCUT2D eigenvalue weighted by atomic mass is 32.2. The summed E-state index contributed by atoms with van der Waals surface area (Å²) in [5, 5.41) is 0. The molecular formula is C16H18N2O3S. The van der Waals surface area contributed by atoms with Crippen LogP contribution in [0.1, 0.15) is 24.1 Å². The predicted octanol–water partition coefficient (Wildman–Crippen LogP) is 2.19. The molecule has 0 aliphatic rings. The number of nitrogens with zero attached hydrogens (tertiary/aromatic N) is 1. The Balaban J connectivity index is 2.44. The molecule has 1 atom stereocenters. The maximum atomic E-state index is 12.6. The van der Waals surface area contributed by atoms with Gasteiger partial charge < -0.3 is 0 Å². The number of hydrogen-bond donors (Lipinski definition) is 1. The molecule has 0 saturated heterocycles. The van der Waals surface area contributed by atoms with Crippen LogP contribution < -0.4 is 5.84 Å². The number of carbonyl (C=O) groups excluding carboxylic acids is 1. The van der Waals surface area contributed by atoms with Crippen LogP contribution in [0.25, 0.3) is 0 Å². The standard InChI is InChI=1S/C16H18N2O3S/c1-12-8-10-15(11-9-12)22(20,21)18(17)16(13(2)19)14-6-4-3-5-7-14/h3-11,16H,17H2,1-2H3. The fourth-order valence-electron chi connectivity index (χ4n) is 2.17. The van der Waals surface area contributed by atoms with Gasteiger partial charge in [0.25, 0.3) is 10.0 Å². The minimum Gasteiger partial charge on any atom is -0.298 e. The van der Waals surface area contributed by atoms with Crippen molar-refractivity contribution in [1.29, 1.82) is 0 Å². The first-order chi connectivity index (χ1) is 10.3. The SMILES string of the molecule is CC(=O)C(c1ccccc1)N(N)S(=O)(=O)c1ccc(C)cc1. The van der Waals surface area contributed by atoms with Gasteiger partial charge in [-0.05, 0) is 31.5 Å². The number of hydrogen-bond acceptors (Lipinski definition) is 4. The third kappa shape index (κ3) is 3.24. The summed E-state index contributed by atoms with van der Waals surface area (Å²) in [7, 11) is -3.96. The maximum absolute atomic E-state index is 12.6. The average Bonchev–Trinajstić information content (AvgIpc) is 2.48. The normalized spacial score (nSPS) is 13.1. The zero-order valence-electron chi connectivity index (χ0n) is 12.4. The molecule has 0 radical (unpaired) electrons. The van der Waals surface area contributed by atoms with Gasteiger partial charge in [0.05, 0.1) is 4.90 Å². The highest BCUT2D eigenvalue weighted by Gasteiger charge is 2.32. The van der Waals surface area contributed by atoms with Crippen LogP contribution in [0.2, 0.25) is 0 Å². The molecule has 0 amide bonds. The highest BCUT2D eigenvalue weighted by Crippen LogP contribution is 2.25. The monoisotopic (exact) mass is 318 g/mol. The first kappa shape index (κ1) is 16.4. The Morgan fingerprint density at radius 1 is 1.05 bits per heavy atom. The molecule has 0 aliphatic heterocycles. The Bertz CT molecular complexity index is 756. The molecule has 0 saturated carbocycles. The number of nitrogens with two attached hydrogens (primary N) is 1. The second-order valence-electron chi connectivity index (χ2n) is 5.07. The van der Waals surface area contributed by atoms with Gasteiger partial charge in [-0.15, -0.1) is 4.41 Å². The maximum Gasteiger partial charge on any atom is 0.256 e. The lowest BCUT2D eigenvalue weighted by molar-refractivity contribution is -0.120. The quantitative estimate of drug-likeness (QED) is 0.677. The van der Waals surface area contributed by atoms with Gasteiger partial charge in [0.15, 0.2) is 5.78 Å². The number of sulfonamides is 1. The molecule has 0 fully saturated rings. The van der Waals surface area contributed by atoms with E-state index in [-0.39, 0.29) is 10.7 Å². The van der Waals surface area contributed by atoms with Crippen molar-refractivity contribution in [2.75, 3.05) is 0 Å². The zero-order valence-corrected chi connectivity index (χ0v) is 13.2. The molecule has 0 aromatic heterocycles. The van der Waals surface area contributed by atoms with E-state index in [2.05, 4.69) is 0 Å². The van der Waals surface area contributed by atoms with Gasteiger partial charge in [-0.1, -0.05) is 48.0 Å². The van der Waals surface area contributed by atoms with E-state index in [1.165, 1.54) is 19.1 Å². The minimum atomic E-state index is -3.96. The summed E-state index contributed by atoms with van der Waals surface area (Å²) in [6.45, 7) is 3.18. The molecule has 0 aliphatic carbocycles. The largest absolute Gasteiger partial charge is 0.298 e. The van der Waals surface area contributed by atoms with E-state index in [4.69, 9.17) is 5.84 Å². The van der Waals surface area contributed by atoms with Crippen molar-refractivity contribution < 1.29 is 13.2 Å². The number of Topliss-reactive ketones (excluding diaryl/α,β-unsaturated/α-hetero) is 1. The number of aryl methyl sites for hydroxylation is 1. The van der Waals surface area contributed by atoms with Crippen LogP contribution in [0.3, 0.4) is 0 Å². The minimum absolute atomic E-state index is 0.0581. The Morgan fingerprint density at radius 3 is 2.09 bits per heavy atom. The molecule has 116 valence electrons. The van der Waals surface area contributed by atoms with Crippen molar-refractivity contribution in [3.8, 4) is 0 Å². The Labute approximate surface area is 130 Å². The summed E-state index contributed by atoms with van der Waals surface area (Å²) >= 11 is 0. The third-order valence-electron chi connectivity index (χ3n) is 3.35.